The topological polar surface area (TPSA) is 93.9 Å². The first-order chi connectivity index (χ1) is 11.6. The third-order valence-corrected chi connectivity index (χ3v) is 3.74. The van der Waals surface area contributed by atoms with E-state index in [0.29, 0.717) is 36.9 Å². The van der Waals surface area contributed by atoms with E-state index in [4.69, 9.17) is 9.57 Å². The Morgan fingerprint density at radius 3 is 2.83 bits per heavy atom. The van der Waals surface area contributed by atoms with Crippen LogP contribution in [-0.2, 0) is 9.63 Å². The van der Waals surface area contributed by atoms with Crippen molar-refractivity contribution in [1.29, 1.82) is 0 Å². The van der Waals surface area contributed by atoms with E-state index in [1.54, 1.807) is 12.3 Å². The highest BCUT2D eigenvalue weighted by molar-refractivity contribution is 6.23. The van der Waals surface area contributed by atoms with Gasteiger partial charge in [0, 0.05) is 31.0 Å². The van der Waals surface area contributed by atoms with Crippen molar-refractivity contribution in [2.75, 3.05) is 13.7 Å². The summed E-state index contributed by atoms with van der Waals surface area (Å²) in [6.07, 6.45) is 3.48. The number of nitrogens with zero attached hydrogens (tertiary/aromatic N) is 3. The molecule has 1 unspecified atom stereocenters. The number of carbonyl (C=O) groups excluding carboxylic acids is 1. The lowest BCUT2D eigenvalue weighted by Gasteiger charge is -2.23. The molecular weight excluding hydrogens is 310 g/mol. The summed E-state index contributed by atoms with van der Waals surface area (Å²) in [5, 5.41) is 14.4. The van der Waals surface area contributed by atoms with Gasteiger partial charge in [-0.05, 0) is 13.3 Å². The molecule has 0 spiro atoms. The van der Waals surface area contributed by atoms with Crippen LogP contribution in [0.3, 0.4) is 0 Å². The Labute approximate surface area is 141 Å². The number of ketones is 1. The van der Waals surface area contributed by atoms with E-state index in [1.807, 2.05) is 13.8 Å². The van der Waals surface area contributed by atoms with Crippen molar-refractivity contribution in [2.45, 2.75) is 45.4 Å². The number of aliphatic hydroxyl groups is 1. The number of methoxy groups -OCH3 is 1. The standard InChI is InChI=1S/C17H23N3O4/c1-4-6-12(20-24-5-2)16-13(21)9-11(10-14(16)22)17-18-8-7-15(19-17)23-3/h7-8,11,21H,4-6,9-10H2,1-3H3/b20-12+. The van der Waals surface area contributed by atoms with Crippen LogP contribution >= 0.6 is 0 Å². The second-order valence-electron chi connectivity index (χ2n) is 5.51. The molecule has 1 heterocycles. The van der Waals surface area contributed by atoms with Gasteiger partial charge in [0.15, 0.2) is 5.78 Å². The SMILES string of the molecule is CCC/C(=N\OCC)C1=C(O)CC(c2nccc(OC)n2)CC1=O. The molecule has 1 aromatic heterocycles. The molecule has 1 atom stereocenters. The van der Waals surface area contributed by atoms with E-state index in [1.165, 1.54) is 7.11 Å². The van der Waals surface area contributed by atoms with Crippen LogP contribution in [0.25, 0.3) is 0 Å². The summed E-state index contributed by atoms with van der Waals surface area (Å²) < 4.78 is 5.09. The molecule has 1 aliphatic rings. The molecule has 0 saturated carbocycles. The first-order valence-electron chi connectivity index (χ1n) is 8.12. The van der Waals surface area contributed by atoms with E-state index >= 15 is 0 Å². The number of allylic oxidation sites excluding steroid dienone is 2. The number of aliphatic hydroxyl groups excluding tert-OH is 1. The fraction of sp³-hybridized carbons (Fsp3) is 0.529. The Balaban J connectivity index is 2.28. The van der Waals surface area contributed by atoms with Crippen LogP contribution in [-0.4, -0.2) is 40.3 Å². The maximum atomic E-state index is 12.6. The van der Waals surface area contributed by atoms with Gasteiger partial charge >= 0.3 is 0 Å². The highest BCUT2D eigenvalue weighted by Gasteiger charge is 2.33. The van der Waals surface area contributed by atoms with Gasteiger partial charge in [-0.15, -0.1) is 0 Å². The Kier molecular flexibility index (Phi) is 6.28. The van der Waals surface area contributed by atoms with Gasteiger partial charge < -0.3 is 14.7 Å². The van der Waals surface area contributed by atoms with Crippen LogP contribution < -0.4 is 4.74 Å². The number of rotatable bonds is 7. The van der Waals surface area contributed by atoms with E-state index in [9.17, 15) is 9.90 Å². The third-order valence-electron chi connectivity index (χ3n) is 3.74. The van der Waals surface area contributed by atoms with Crippen molar-refractivity contribution < 1.29 is 19.5 Å². The lowest BCUT2D eigenvalue weighted by Crippen LogP contribution is -2.25. The van der Waals surface area contributed by atoms with Crippen LogP contribution in [0.4, 0.5) is 0 Å². The second kappa shape index (κ2) is 8.42. The molecule has 130 valence electrons. The minimum Gasteiger partial charge on any atom is -0.511 e. The maximum absolute atomic E-state index is 12.6. The van der Waals surface area contributed by atoms with Crippen molar-refractivity contribution in [3.05, 3.63) is 29.4 Å². The molecule has 0 aromatic carbocycles. The molecule has 1 N–H and O–H groups in total. The zero-order valence-corrected chi connectivity index (χ0v) is 14.3. The normalized spacial score (nSPS) is 18.7. The van der Waals surface area contributed by atoms with Gasteiger partial charge in [-0.25, -0.2) is 4.98 Å². The lowest BCUT2D eigenvalue weighted by atomic mass is 9.84. The van der Waals surface area contributed by atoms with Gasteiger partial charge in [-0.2, -0.15) is 4.98 Å². The Morgan fingerprint density at radius 1 is 1.42 bits per heavy atom. The smallest absolute Gasteiger partial charge is 0.216 e. The Hall–Kier alpha value is -2.44. The molecule has 0 amide bonds. The quantitative estimate of drug-likeness (QED) is 0.609. The molecular formula is C17H23N3O4. The van der Waals surface area contributed by atoms with Gasteiger partial charge in [0.25, 0.3) is 0 Å². The number of hydrogen-bond donors (Lipinski definition) is 1. The summed E-state index contributed by atoms with van der Waals surface area (Å²) in [5.41, 5.74) is 0.788. The first-order valence-corrected chi connectivity index (χ1v) is 8.12. The predicted octanol–water partition coefficient (Wildman–Crippen LogP) is 2.94. The average molecular weight is 333 g/mol. The van der Waals surface area contributed by atoms with Gasteiger partial charge in [-0.3, -0.25) is 4.79 Å². The van der Waals surface area contributed by atoms with Crippen molar-refractivity contribution in [3.63, 3.8) is 0 Å². The maximum Gasteiger partial charge on any atom is 0.216 e. The summed E-state index contributed by atoms with van der Waals surface area (Å²) in [6.45, 7) is 4.22. The van der Waals surface area contributed by atoms with E-state index in [0.717, 1.165) is 6.42 Å². The molecule has 1 aromatic rings. The molecule has 24 heavy (non-hydrogen) atoms. The molecule has 7 heteroatoms. The zero-order chi connectivity index (χ0) is 17.5. The van der Waals surface area contributed by atoms with Gasteiger partial charge in [-0.1, -0.05) is 18.5 Å². The molecule has 0 radical (unpaired) electrons. The Morgan fingerprint density at radius 2 is 2.21 bits per heavy atom. The molecule has 0 saturated heterocycles. The monoisotopic (exact) mass is 333 g/mol. The molecule has 2 rings (SSSR count). The highest BCUT2D eigenvalue weighted by atomic mass is 16.6. The van der Waals surface area contributed by atoms with Crippen molar-refractivity contribution in [3.8, 4) is 5.88 Å². The van der Waals surface area contributed by atoms with Gasteiger partial charge in [0.2, 0.25) is 5.88 Å². The second-order valence-corrected chi connectivity index (χ2v) is 5.51. The Bertz CT molecular complexity index is 655. The number of ether oxygens (including phenoxy) is 1. The summed E-state index contributed by atoms with van der Waals surface area (Å²) in [7, 11) is 1.52. The molecule has 1 aliphatic carbocycles. The van der Waals surface area contributed by atoms with Crippen LogP contribution in [0.5, 0.6) is 5.88 Å². The molecule has 7 nitrogen and oxygen atoms in total. The van der Waals surface area contributed by atoms with Gasteiger partial charge in [0.05, 0.1) is 18.4 Å². The van der Waals surface area contributed by atoms with Crippen molar-refractivity contribution in [2.24, 2.45) is 5.16 Å². The number of oxime groups is 1. The highest BCUT2D eigenvalue weighted by Crippen LogP contribution is 2.33. The van der Waals surface area contributed by atoms with Crippen LogP contribution in [0.1, 0.15) is 51.3 Å². The number of Topliss-reactive ketones (excluding diaryl/α,β-unsaturated/α-hetero) is 1. The van der Waals surface area contributed by atoms with E-state index in [2.05, 4.69) is 15.1 Å². The average Bonchev–Trinajstić information content (AvgIpc) is 2.59. The first kappa shape index (κ1) is 17.9. The minimum atomic E-state index is -0.272. The van der Waals surface area contributed by atoms with Crippen molar-refractivity contribution >= 4 is 11.5 Å². The zero-order valence-electron chi connectivity index (χ0n) is 14.3. The number of hydrogen-bond acceptors (Lipinski definition) is 7. The summed E-state index contributed by atoms with van der Waals surface area (Å²) >= 11 is 0. The number of carbonyl (C=O) groups is 1. The van der Waals surface area contributed by atoms with E-state index < -0.39 is 0 Å². The summed E-state index contributed by atoms with van der Waals surface area (Å²) in [5.74, 6) is 0.515. The number of aromatic nitrogens is 2. The lowest BCUT2D eigenvalue weighted by molar-refractivity contribution is -0.116. The molecule has 0 fully saturated rings. The van der Waals surface area contributed by atoms with Crippen LogP contribution in [0, 0.1) is 0 Å². The van der Waals surface area contributed by atoms with E-state index in [-0.39, 0.29) is 29.5 Å². The summed E-state index contributed by atoms with van der Waals surface area (Å²) in [6, 6.07) is 1.64. The van der Waals surface area contributed by atoms with Crippen molar-refractivity contribution in [1.82, 2.24) is 9.97 Å². The third kappa shape index (κ3) is 4.10. The largest absolute Gasteiger partial charge is 0.511 e. The fourth-order valence-electron chi connectivity index (χ4n) is 2.67. The summed E-state index contributed by atoms with van der Waals surface area (Å²) in [4.78, 5) is 26.1. The van der Waals surface area contributed by atoms with Crippen LogP contribution in [0.2, 0.25) is 0 Å². The minimum absolute atomic E-state index is 0.0228. The van der Waals surface area contributed by atoms with Crippen LogP contribution in [0.15, 0.2) is 28.8 Å². The molecule has 0 aliphatic heterocycles. The molecule has 0 bridgehead atoms. The predicted molar refractivity (Wildman–Crippen MR) is 89.2 cm³/mol. The fourth-order valence-corrected chi connectivity index (χ4v) is 2.67. The van der Waals surface area contributed by atoms with Gasteiger partial charge in [0.1, 0.15) is 18.2 Å².